The summed E-state index contributed by atoms with van der Waals surface area (Å²) in [4.78, 5) is 0. The van der Waals surface area contributed by atoms with Crippen LogP contribution in [0.5, 0.6) is 0 Å². The second-order valence-electron chi connectivity index (χ2n) is 10.7. The van der Waals surface area contributed by atoms with Crippen LogP contribution in [0.3, 0.4) is 0 Å². The van der Waals surface area contributed by atoms with Crippen molar-refractivity contribution in [1.82, 2.24) is 0 Å². The van der Waals surface area contributed by atoms with Gasteiger partial charge in [-0.25, -0.2) is 0 Å². The predicted octanol–water partition coefficient (Wildman–Crippen LogP) is 7.38. The molecule has 0 aliphatic heterocycles. The Labute approximate surface area is 182 Å². The van der Waals surface area contributed by atoms with Crippen molar-refractivity contribution in [3.8, 4) is 0 Å². The number of hydrogen-bond acceptors (Lipinski definition) is 0. The van der Waals surface area contributed by atoms with E-state index in [0.29, 0.717) is 0 Å². The molecule has 0 spiro atoms. The van der Waals surface area contributed by atoms with Crippen LogP contribution in [0.15, 0.2) is 36.4 Å². The van der Waals surface area contributed by atoms with E-state index in [0.717, 1.165) is 0 Å². The van der Waals surface area contributed by atoms with E-state index in [-0.39, 0.29) is 0 Å². The molecule has 2 rings (SSSR count). The fourth-order valence-electron chi connectivity index (χ4n) is 3.89. The summed E-state index contributed by atoms with van der Waals surface area (Å²) in [5.41, 5.74) is 5.71. The highest BCUT2D eigenvalue weighted by Crippen LogP contribution is 2.18. The third-order valence-electron chi connectivity index (χ3n) is 5.69. The molecule has 158 valence electrons. The number of unbranched alkanes of at least 4 members (excludes halogenated alkanes) is 3. The first kappa shape index (κ1) is 23.9. The lowest BCUT2D eigenvalue weighted by Crippen LogP contribution is -2.48. The van der Waals surface area contributed by atoms with Crippen molar-refractivity contribution >= 4 is 38.7 Å². The van der Waals surface area contributed by atoms with Crippen LogP contribution in [-0.2, 0) is 6.42 Å². The van der Waals surface area contributed by atoms with Gasteiger partial charge in [-0.2, -0.15) is 0 Å². The monoisotopic (exact) mass is 422 g/mol. The first-order valence-corrected chi connectivity index (χ1v) is 18.4. The van der Waals surface area contributed by atoms with Crippen LogP contribution < -0.4 is 10.4 Å². The number of rotatable bonds is 9. The van der Waals surface area contributed by atoms with Crippen LogP contribution in [0.1, 0.15) is 54.9 Å². The van der Waals surface area contributed by atoms with Gasteiger partial charge in [-0.05, 0) is 36.5 Å². The van der Waals surface area contributed by atoms with Gasteiger partial charge in [0.25, 0.3) is 0 Å². The summed E-state index contributed by atoms with van der Waals surface area (Å²) in [6.45, 7) is 19.4. The summed E-state index contributed by atoms with van der Waals surface area (Å²) in [5, 5.41) is 3.29. The van der Waals surface area contributed by atoms with E-state index in [2.05, 4.69) is 102 Å². The van der Waals surface area contributed by atoms with Gasteiger partial charge in [0.2, 0.25) is 0 Å². The first-order chi connectivity index (χ1) is 13.5. The molecule has 0 heterocycles. The maximum Gasteiger partial charge on any atom is 0.0783 e. The largest absolute Gasteiger partial charge is 0.0783 e. The fourth-order valence-corrected chi connectivity index (χ4v) is 7.30. The summed E-state index contributed by atoms with van der Waals surface area (Å²) in [6.07, 6.45) is 11.3. The van der Waals surface area contributed by atoms with Gasteiger partial charge in [-0.3, -0.25) is 0 Å². The van der Waals surface area contributed by atoms with Crippen molar-refractivity contribution in [2.75, 3.05) is 0 Å². The summed E-state index contributed by atoms with van der Waals surface area (Å²) < 4.78 is 0. The third-order valence-corrected chi connectivity index (χ3v) is 9.75. The lowest BCUT2D eigenvalue weighted by molar-refractivity contribution is 0.667. The molecule has 0 fully saturated rings. The van der Waals surface area contributed by atoms with Crippen LogP contribution in [0.4, 0.5) is 0 Å². The molecule has 2 heteroatoms. The van der Waals surface area contributed by atoms with Crippen LogP contribution in [0, 0.1) is 6.92 Å². The Bertz CT molecular complexity index is 780. The molecule has 0 aliphatic carbocycles. The molecule has 0 radical (unpaired) electrons. The molecule has 0 atom stereocenters. The van der Waals surface area contributed by atoms with Gasteiger partial charge in [-0.1, -0.05) is 130 Å². The predicted molar refractivity (Wildman–Crippen MR) is 140 cm³/mol. The van der Waals surface area contributed by atoms with Crippen molar-refractivity contribution in [2.45, 2.75) is 85.2 Å². The highest BCUT2D eigenvalue weighted by atomic mass is 28.3. The molecule has 0 nitrogen and oxygen atoms in total. The zero-order chi connectivity index (χ0) is 21.7. The fraction of sp³-hybridized carbons (Fsp3) is 0.481. The number of hydrogen-bond donors (Lipinski definition) is 0. The Morgan fingerprint density at radius 3 is 1.76 bits per heavy atom. The molecule has 0 aromatic heterocycles. The minimum absolute atomic E-state index is 1.23. The molecule has 0 N–H and O–H groups in total. The first-order valence-electron chi connectivity index (χ1n) is 11.4. The van der Waals surface area contributed by atoms with Crippen molar-refractivity contribution in [3.63, 3.8) is 0 Å². The Hall–Kier alpha value is -1.39. The Morgan fingerprint density at radius 1 is 0.724 bits per heavy atom. The molecule has 0 unspecified atom stereocenters. The van der Waals surface area contributed by atoms with E-state index in [9.17, 15) is 0 Å². The molecule has 0 saturated heterocycles. The van der Waals surface area contributed by atoms with Gasteiger partial charge < -0.3 is 0 Å². The smallest absolute Gasteiger partial charge is 0.0656 e. The summed E-state index contributed by atoms with van der Waals surface area (Å²) in [7, 11) is -2.90. The standard InChI is InChI=1S/C27H42Si2/c1-9-10-11-12-13-24-20-26(28(3,4)5)25(27(21-24)29(6,7)8)19-18-23-16-14-22(2)15-17-23/h14-21H,9-13H2,1-8H3/b19-18+. The molecule has 0 aliphatic rings. The summed E-state index contributed by atoms with van der Waals surface area (Å²) >= 11 is 0. The molecule has 0 saturated carbocycles. The van der Waals surface area contributed by atoms with Crippen molar-refractivity contribution in [2.24, 2.45) is 0 Å². The van der Waals surface area contributed by atoms with Gasteiger partial charge >= 0.3 is 0 Å². The van der Waals surface area contributed by atoms with E-state index in [1.165, 1.54) is 48.8 Å². The van der Waals surface area contributed by atoms with Gasteiger partial charge in [0, 0.05) is 0 Å². The average molecular weight is 423 g/mol. The minimum Gasteiger partial charge on any atom is -0.0656 e. The van der Waals surface area contributed by atoms with Gasteiger partial charge in [0.1, 0.15) is 0 Å². The second-order valence-corrected chi connectivity index (χ2v) is 20.7. The highest BCUT2D eigenvalue weighted by molar-refractivity contribution is 6.92. The average Bonchev–Trinajstić information content (AvgIpc) is 2.63. The van der Waals surface area contributed by atoms with E-state index < -0.39 is 16.1 Å². The lowest BCUT2D eigenvalue weighted by Gasteiger charge is -2.28. The Kier molecular flexibility index (Phi) is 8.31. The van der Waals surface area contributed by atoms with E-state index in [1.54, 1.807) is 15.9 Å². The summed E-state index contributed by atoms with van der Waals surface area (Å²) in [6, 6.07) is 14.0. The molecule has 0 bridgehead atoms. The maximum absolute atomic E-state index is 2.57. The number of benzene rings is 2. The molecule has 0 amide bonds. The highest BCUT2D eigenvalue weighted by Gasteiger charge is 2.27. The van der Waals surface area contributed by atoms with Gasteiger partial charge in [-0.15, -0.1) is 0 Å². The van der Waals surface area contributed by atoms with Crippen LogP contribution >= 0.6 is 0 Å². The van der Waals surface area contributed by atoms with E-state index in [1.807, 2.05) is 0 Å². The SMILES string of the molecule is CCCCCCc1cc([Si](C)(C)C)c(/C=C/c2ccc(C)cc2)c([Si](C)(C)C)c1. The van der Waals surface area contributed by atoms with Crippen LogP contribution in [-0.4, -0.2) is 16.1 Å². The molecule has 2 aromatic rings. The van der Waals surface area contributed by atoms with Crippen LogP contribution in [0.2, 0.25) is 39.3 Å². The van der Waals surface area contributed by atoms with Crippen molar-refractivity contribution in [1.29, 1.82) is 0 Å². The zero-order valence-corrected chi connectivity index (χ0v) is 22.2. The van der Waals surface area contributed by atoms with Crippen molar-refractivity contribution in [3.05, 3.63) is 58.7 Å². The molecule has 29 heavy (non-hydrogen) atoms. The molecular weight excluding hydrogens is 380 g/mol. The normalized spacial score (nSPS) is 12.7. The lowest BCUT2D eigenvalue weighted by atomic mass is 10.0. The topological polar surface area (TPSA) is 0 Å². The van der Waals surface area contributed by atoms with Gasteiger partial charge in [0.15, 0.2) is 0 Å². The number of aryl methyl sites for hydroxylation is 2. The second kappa shape index (κ2) is 10.1. The maximum atomic E-state index is 2.57. The van der Waals surface area contributed by atoms with Gasteiger partial charge in [0.05, 0.1) is 16.1 Å². The zero-order valence-electron chi connectivity index (χ0n) is 20.2. The van der Waals surface area contributed by atoms with Crippen molar-refractivity contribution < 1.29 is 0 Å². The minimum atomic E-state index is -1.45. The van der Waals surface area contributed by atoms with E-state index >= 15 is 0 Å². The van der Waals surface area contributed by atoms with E-state index in [4.69, 9.17) is 0 Å². The summed E-state index contributed by atoms with van der Waals surface area (Å²) in [5.74, 6) is 0. The quantitative estimate of drug-likeness (QED) is 0.225. The third kappa shape index (κ3) is 7.11. The molecule has 2 aromatic carbocycles. The Morgan fingerprint density at radius 2 is 1.28 bits per heavy atom. The Balaban J connectivity index is 2.52. The molecular formula is C27H42Si2. The van der Waals surface area contributed by atoms with Crippen LogP contribution in [0.25, 0.3) is 12.2 Å².